The molecule has 0 aliphatic heterocycles. The monoisotopic (exact) mass is 201 g/mol. The average Bonchev–Trinajstić information content (AvgIpc) is 1.58. The summed E-state index contributed by atoms with van der Waals surface area (Å²) < 4.78 is 27.2. The van der Waals surface area contributed by atoms with Gasteiger partial charge >= 0.3 is 0 Å². The van der Waals surface area contributed by atoms with Crippen molar-refractivity contribution in [2.45, 2.75) is 13.8 Å². The van der Waals surface area contributed by atoms with Gasteiger partial charge in [0.15, 0.2) is 0 Å². The van der Waals surface area contributed by atoms with E-state index in [-0.39, 0.29) is 0 Å². The molecule has 4 nitrogen and oxygen atoms in total. The number of rotatable bonds is 1. The number of nitrogens with one attached hydrogen (secondary N) is 1. The van der Waals surface area contributed by atoms with Crippen molar-refractivity contribution in [1.29, 1.82) is 0 Å². The highest BCUT2D eigenvalue weighted by molar-refractivity contribution is 7.84. The van der Waals surface area contributed by atoms with Gasteiger partial charge in [-0.3, -0.25) is 0 Å². The number of hydrogen-bond donors (Lipinski definition) is 1. The fraction of sp³-hybridized carbons (Fsp3) is 0.800. The molecule has 0 saturated heterocycles. The fourth-order valence-electron chi connectivity index (χ4n) is 0.244. The van der Waals surface area contributed by atoms with Crippen LogP contribution in [0.25, 0.3) is 0 Å². The minimum atomic E-state index is -3.92. The minimum absolute atomic E-state index is 0.604. The summed E-state index contributed by atoms with van der Waals surface area (Å²) >= 11 is 5.38. The van der Waals surface area contributed by atoms with Crippen molar-refractivity contribution >= 4 is 26.9 Å². The summed E-state index contributed by atoms with van der Waals surface area (Å²) in [5.74, 6) is 0. The van der Waals surface area contributed by atoms with Gasteiger partial charge in [0.25, 0.3) is 0 Å². The van der Waals surface area contributed by atoms with Crippen molar-refractivity contribution in [3.8, 4) is 0 Å². The zero-order chi connectivity index (χ0) is 9.49. The molecule has 0 aliphatic carbocycles. The SMILES string of the molecule is CC[NH+]=C(C)Cl.CS(=O)(=O)[O-]. The highest BCUT2D eigenvalue weighted by atomic mass is 35.5. The molecule has 0 bridgehead atoms. The molecule has 0 fully saturated rings. The van der Waals surface area contributed by atoms with Gasteiger partial charge in [-0.1, -0.05) is 0 Å². The average molecular weight is 202 g/mol. The quantitative estimate of drug-likeness (QED) is 0.433. The van der Waals surface area contributed by atoms with Crippen LogP contribution in [0.5, 0.6) is 0 Å². The Morgan fingerprint density at radius 1 is 1.64 bits per heavy atom. The Bertz CT molecular complexity index is 198. The van der Waals surface area contributed by atoms with Crippen molar-refractivity contribution in [3.05, 3.63) is 0 Å². The molecule has 0 heterocycles. The molecule has 1 N–H and O–H groups in total. The van der Waals surface area contributed by atoms with Gasteiger partial charge in [-0.05, 0) is 18.5 Å². The van der Waals surface area contributed by atoms with E-state index in [1.807, 2.05) is 13.8 Å². The molecule has 0 rings (SSSR count). The summed E-state index contributed by atoms with van der Waals surface area (Å²) in [5, 5.41) is 0.762. The van der Waals surface area contributed by atoms with Crippen LogP contribution in [-0.4, -0.2) is 30.9 Å². The zero-order valence-electron chi connectivity index (χ0n) is 6.72. The third-order valence-corrected chi connectivity index (χ3v) is 0.554. The highest BCUT2D eigenvalue weighted by Crippen LogP contribution is 1.64. The van der Waals surface area contributed by atoms with E-state index in [0.717, 1.165) is 11.7 Å². The maximum Gasteiger partial charge on any atom is 0.240 e. The lowest BCUT2D eigenvalue weighted by Gasteiger charge is -1.90. The van der Waals surface area contributed by atoms with Crippen molar-refractivity contribution in [2.24, 2.45) is 0 Å². The van der Waals surface area contributed by atoms with Gasteiger partial charge in [-0.2, -0.15) is 0 Å². The Morgan fingerprint density at radius 3 is 1.91 bits per heavy atom. The van der Waals surface area contributed by atoms with Crippen molar-refractivity contribution < 1.29 is 18.0 Å². The van der Waals surface area contributed by atoms with E-state index in [0.29, 0.717) is 6.26 Å². The van der Waals surface area contributed by atoms with Gasteiger partial charge in [-0.25, -0.2) is 13.4 Å². The maximum absolute atomic E-state index is 9.08. The van der Waals surface area contributed by atoms with Gasteiger partial charge in [0.2, 0.25) is 5.17 Å². The van der Waals surface area contributed by atoms with Crippen molar-refractivity contribution in [3.63, 3.8) is 0 Å². The molecule has 0 aliphatic rings. The smallest absolute Gasteiger partial charge is 0.240 e. The molecular formula is C5H12ClNO3S. The van der Waals surface area contributed by atoms with E-state index >= 15 is 0 Å². The molecule has 0 unspecified atom stereocenters. The maximum atomic E-state index is 9.08. The minimum Gasteiger partial charge on any atom is -0.748 e. The summed E-state index contributed by atoms with van der Waals surface area (Å²) in [6.45, 7) is 4.74. The molecule has 0 spiro atoms. The third kappa shape index (κ3) is 74.2. The van der Waals surface area contributed by atoms with Crippen LogP contribution in [0.1, 0.15) is 13.8 Å². The lowest BCUT2D eigenvalue weighted by molar-refractivity contribution is -0.450. The summed E-state index contributed by atoms with van der Waals surface area (Å²) in [7, 11) is -3.92. The molecule has 0 amide bonds. The van der Waals surface area contributed by atoms with E-state index in [2.05, 4.69) is 4.99 Å². The zero-order valence-corrected chi connectivity index (χ0v) is 8.29. The summed E-state index contributed by atoms with van der Waals surface area (Å²) in [6, 6.07) is 0. The summed E-state index contributed by atoms with van der Waals surface area (Å²) in [6.07, 6.45) is 0.604. The van der Waals surface area contributed by atoms with Crippen LogP contribution in [0.4, 0.5) is 0 Å². The molecule has 0 atom stereocenters. The summed E-state index contributed by atoms with van der Waals surface area (Å²) in [5.41, 5.74) is 0. The van der Waals surface area contributed by atoms with Crippen LogP contribution >= 0.6 is 11.6 Å². The van der Waals surface area contributed by atoms with Gasteiger partial charge < -0.3 is 4.55 Å². The standard InChI is InChI=1S/C4H8ClN.CH4O3S/c1-3-6-4(2)5;1-5(2,3)4/h3H2,1-2H3;1H3,(H,2,3,4). The fourth-order valence-corrected chi connectivity index (χ4v) is 0.377. The predicted octanol–water partition coefficient (Wildman–Crippen LogP) is -1.09. The van der Waals surface area contributed by atoms with Crippen molar-refractivity contribution in [2.75, 3.05) is 12.8 Å². The normalized spacial score (nSPS) is 11.9. The van der Waals surface area contributed by atoms with E-state index in [9.17, 15) is 0 Å². The Balaban J connectivity index is 0. The molecule has 0 aromatic carbocycles. The van der Waals surface area contributed by atoms with E-state index in [1.165, 1.54) is 0 Å². The van der Waals surface area contributed by atoms with Gasteiger partial charge in [-0.15, -0.1) is 0 Å². The first-order valence-electron chi connectivity index (χ1n) is 2.91. The Kier molecular flexibility index (Phi) is 8.04. The lowest BCUT2D eigenvalue weighted by atomic mass is 10.7. The van der Waals surface area contributed by atoms with Crippen molar-refractivity contribution in [1.82, 2.24) is 0 Å². The molecular weight excluding hydrogens is 190 g/mol. The summed E-state index contributed by atoms with van der Waals surface area (Å²) in [4.78, 5) is 2.89. The van der Waals surface area contributed by atoms with Crippen LogP contribution in [0.3, 0.4) is 0 Å². The van der Waals surface area contributed by atoms with E-state index in [4.69, 9.17) is 24.6 Å². The first-order chi connectivity index (χ1) is 4.77. The number of hydrogen-bond acceptors (Lipinski definition) is 3. The van der Waals surface area contributed by atoms with Crippen LogP contribution in [0.15, 0.2) is 0 Å². The van der Waals surface area contributed by atoms with Crippen LogP contribution in [0, 0.1) is 0 Å². The van der Waals surface area contributed by atoms with Crippen LogP contribution in [0.2, 0.25) is 0 Å². The number of halogens is 1. The second kappa shape index (κ2) is 6.57. The van der Waals surface area contributed by atoms with Gasteiger partial charge in [0.05, 0.1) is 10.1 Å². The Hall–Kier alpha value is -0.130. The van der Waals surface area contributed by atoms with Gasteiger partial charge in [0, 0.05) is 13.2 Å². The Morgan fingerprint density at radius 2 is 1.91 bits per heavy atom. The van der Waals surface area contributed by atoms with Gasteiger partial charge in [0.1, 0.15) is 6.54 Å². The van der Waals surface area contributed by atoms with Crippen LogP contribution < -0.4 is 4.99 Å². The largest absolute Gasteiger partial charge is 0.748 e. The first kappa shape index (κ1) is 13.5. The second-order valence-electron chi connectivity index (χ2n) is 1.77. The molecule has 0 aromatic rings. The molecule has 0 radical (unpaired) electrons. The molecule has 6 heteroatoms. The third-order valence-electron chi connectivity index (χ3n) is 0.420. The topological polar surface area (TPSA) is 71.2 Å². The predicted molar refractivity (Wildman–Crippen MR) is 43.7 cm³/mol. The second-order valence-corrected chi connectivity index (χ2v) is 3.74. The van der Waals surface area contributed by atoms with E-state index < -0.39 is 10.1 Å². The molecule has 0 saturated carbocycles. The molecule has 11 heavy (non-hydrogen) atoms. The lowest BCUT2D eigenvalue weighted by Crippen LogP contribution is -2.70. The Labute approximate surface area is 72.0 Å². The molecule has 0 aromatic heterocycles. The van der Waals surface area contributed by atoms with E-state index in [1.54, 1.807) is 0 Å². The first-order valence-corrected chi connectivity index (χ1v) is 5.10. The van der Waals surface area contributed by atoms with Crippen LogP contribution in [-0.2, 0) is 10.1 Å². The highest BCUT2D eigenvalue weighted by Gasteiger charge is 1.80. The molecule has 68 valence electrons.